The maximum atomic E-state index is 12.7. The molecule has 0 unspecified atom stereocenters. The molecule has 5 nitrogen and oxygen atoms in total. The first-order chi connectivity index (χ1) is 9.23. The summed E-state index contributed by atoms with van der Waals surface area (Å²) in [5.41, 5.74) is 1.76. The highest BCUT2D eigenvalue weighted by Gasteiger charge is 2.32. The fraction of sp³-hybridized carbons (Fsp3) is 0.571. The van der Waals surface area contributed by atoms with E-state index in [1.165, 1.54) is 0 Å². The van der Waals surface area contributed by atoms with Gasteiger partial charge in [-0.25, -0.2) is 4.79 Å². The molecule has 0 aromatic carbocycles. The van der Waals surface area contributed by atoms with Crippen LogP contribution in [0, 0.1) is 13.8 Å². The first-order valence-electron chi connectivity index (χ1n) is 6.58. The maximum Gasteiger partial charge on any atom is 0.352 e. The number of rotatable bonds is 2. The number of hydrogen-bond donors (Lipinski definition) is 2. The predicted molar refractivity (Wildman–Crippen MR) is 79.7 cm³/mol. The Bertz CT molecular complexity index is 563. The summed E-state index contributed by atoms with van der Waals surface area (Å²) in [4.78, 5) is 28.4. The summed E-state index contributed by atoms with van der Waals surface area (Å²) in [7, 11) is 0. The number of carbonyl (C=O) groups is 2. The van der Waals surface area contributed by atoms with Crippen molar-refractivity contribution in [1.29, 1.82) is 0 Å². The first kappa shape index (κ1) is 15.0. The number of carbonyl (C=O) groups excluding carboxylic acids is 1. The standard InChI is InChI=1S/C14H20N2O3S/c1-8-10(9(2)15-11(8)13(18)19)12(17)16-5-6-20-14(3,4)7-16/h15H,5-7H2,1-4H3,(H,18,19). The number of aromatic nitrogens is 1. The average Bonchev–Trinajstić information content (AvgIpc) is 2.63. The Labute approximate surface area is 122 Å². The van der Waals surface area contributed by atoms with Crippen molar-refractivity contribution in [2.75, 3.05) is 18.8 Å². The van der Waals surface area contributed by atoms with Crippen molar-refractivity contribution in [1.82, 2.24) is 9.88 Å². The van der Waals surface area contributed by atoms with Crippen LogP contribution in [0.5, 0.6) is 0 Å². The second-order valence-corrected chi connectivity index (χ2v) is 7.57. The number of carboxylic acid groups (broad SMARTS) is 1. The van der Waals surface area contributed by atoms with E-state index in [9.17, 15) is 9.59 Å². The van der Waals surface area contributed by atoms with Gasteiger partial charge in [0.2, 0.25) is 0 Å². The molecule has 110 valence electrons. The number of nitrogens with one attached hydrogen (secondary N) is 1. The molecular weight excluding hydrogens is 276 g/mol. The first-order valence-corrected chi connectivity index (χ1v) is 7.57. The molecule has 2 rings (SSSR count). The number of carboxylic acids is 1. The minimum absolute atomic E-state index is 0.0433. The molecule has 0 saturated carbocycles. The number of nitrogens with zero attached hydrogens (tertiary/aromatic N) is 1. The third kappa shape index (κ3) is 2.70. The summed E-state index contributed by atoms with van der Waals surface area (Å²) in [5.74, 6) is -0.191. The van der Waals surface area contributed by atoms with Gasteiger partial charge in [0.25, 0.3) is 5.91 Å². The molecular formula is C14H20N2O3S. The Morgan fingerprint density at radius 3 is 2.50 bits per heavy atom. The molecule has 0 radical (unpaired) electrons. The molecule has 6 heteroatoms. The molecule has 1 saturated heterocycles. The highest BCUT2D eigenvalue weighted by atomic mass is 32.2. The molecule has 0 spiro atoms. The summed E-state index contributed by atoms with van der Waals surface area (Å²) in [5, 5.41) is 9.12. The van der Waals surface area contributed by atoms with Crippen LogP contribution >= 0.6 is 11.8 Å². The smallest absolute Gasteiger partial charge is 0.352 e. The van der Waals surface area contributed by atoms with E-state index in [2.05, 4.69) is 18.8 Å². The van der Waals surface area contributed by atoms with Crippen LogP contribution in [0.2, 0.25) is 0 Å². The van der Waals surface area contributed by atoms with Gasteiger partial charge < -0.3 is 15.0 Å². The molecule has 0 aliphatic carbocycles. The van der Waals surface area contributed by atoms with Crippen LogP contribution in [0.25, 0.3) is 0 Å². The van der Waals surface area contributed by atoms with Crippen molar-refractivity contribution in [3.8, 4) is 0 Å². The normalized spacial score (nSPS) is 18.1. The minimum Gasteiger partial charge on any atom is -0.477 e. The predicted octanol–water partition coefficient (Wildman–Crippen LogP) is 2.30. The molecule has 20 heavy (non-hydrogen) atoms. The van der Waals surface area contributed by atoms with E-state index in [0.717, 1.165) is 5.75 Å². The van der Waals surface area contributed by atoms with E-state index in [1.54, 1.807) is 13.8 Å². The second-order valence-electron chi connectivity index (χ2n) is 5.77. The highest BCUT2D eigenvalue weighted by Crippen LogP contribution is 2.31. The number of H-pyrrole nitrogens is 1. The highest BCUT2D eigenvalue weighted by molar-refractivity contribution is 8.00. The zero-order chi connectivity index (χ0) is 15.1. The van der Waals surface area contributed by atoms with Crippen molar-refractivity contribution in [2.24, 2.45) is 0 Å². The summed E-state index contributed by atoms with van der Waals surface area (Å²) in [6.07, 6.45) is 0. The monoisotopic (exact) mass is 296 g/mol. The Morgan fingerprint density at radius 2 is 2.00 bits per heavy atom. The van der Waals surface area contributed by atoms with Crippen molar-refractivity contribution in [3.05, 3.63) is 22.5 Å². The van der Waals surface area contributed by atoms with E-state index in [1.807, 2.05) is 16.7 Å². The SMILES string of the molecule is Cc1[nH]c(C(=O)O)c(C)c1C(=O)N1CCSC(C)(C)C1. The summed E-state index contributed by atoms with van der Waals surface area (Å²) in [6, 6.07) is 0. The Balaban J connectivity index is 2.32. The van der Waals surface area contributed by atoms with Crippen LogP contribution < -0.4 is 0 Å². The number of amides is 1. The van der Waals surface area contributed by atoms with Gasteiger partial charge in [0.1, 0.15) is 5.69 Å². The molecule has 1 aliphatic rings. The Morgan fingerprint density at radius 1 is 1.35 bits per heavy atom. The van der Waals surface area contributed by atoms with Gasteiger partial charge in [-0.2, -0.15) is 11.8 Å². The van der Waals surface area contributed by atoms with Gasteiger partial charge in [-0.15, -0.1) is 0 Å². The summed E-state index contributed by atoms with van der Waals surface area (Å²) in [6.45, 7) is 9.07. The molecule has 2 N–H and O–H groups in total. The maximum absolute atomic E-state index is 12.7. The quantitative estimate of drug-likeness (QED) is 0.878. The average molecular weight is 296 g/mol. The lowest BCUT2D eigenvalue weighted by molar-refractivity contribution is 0.0690. The lowest BCUT2D eigenvalue weighted by atomic mass is 10.1. The van der Waals surface area contributed by atoms with Gasteiger partial charge >= 0.3 is 5.97 Å². The van der Waals surface area contributed by atoms with Crippen LogP contribution in [0.15, 0.2) is 0 Å². The number of aryl methyl sites for hydroxylation is 1. The third-order valence-electron chi connectivity index (χ3n) is 3.58. The summed E-state index contributed by atoms with van der Waals surface area (Å²) >= 11 is 1.86. The van der Waals surface area contributed by atoms with Crippen LogP contribution in [-0.4, -0.2) is 50.5 Å². The van der Waals surface area contributed by atoms with E-state index in [4.69, 9.17) is 5.11 Å². The van der Waals surface area contributed by atoms with E-state index < -0.39 is 5.97 Å². The lowest BCUT2D eigenvalue weighted by Gasteiger charge is -2.37. The van der Waals surface area contributed by atoms with Gasteiger partial charge in [0.15, 0.2) is 0 Å². The van der Waals surface area contributed by atoms with Crippen molar-refractivity contribution in [3.63, 3.8) is 0 Å². The van der Waals surface area contributed by atoms with Crippen LogP contribution in [0.1, 0.15) is 46.0 Å². The van der Waals surface area contributed by atoms with Crippen LogP contribution in [0.4, 0.5) is 0 Å². The number of hydrogen-bond acceptors (Lipinski definition) is 3. The molecule has 0 bridgehead atoms. The Hall–Kier alpha value is -1.43. The second kappa shape index (κ2) is 5.16. The fourth-order valence-corrected chi connectivity index (χ4v) is 3.74. The molecule has 2 heterocycles. The third-order valence-corrected chi connectivity index (χ3v) is 4.88. The topological polar surface area (TPSA) is 73.4 Å². The van der Waals surface area contributed by atoms with Gasteiger partial charge in [-0.05, 0) is 33.3 Å². The van der Waals surface area contributed by atoms with Gasteiger partial charge in [-0.3, -0.25) is 4.79 Å². The number of aromatic carboxylic acids is 1. The zero-order valence-corrected chi connectivity index (χ0v) is 13.1. The minimum atomic E-state index is -1.03. The number of aromatic amines is 1. The van der Waals surface area contributed by atoms with Gasteiger partial charge in [-0.1, -0.05) is 0 Å². The lowest BCUT2D eigenvalue weighted by Crippen LogP contribution is -2.46. The van der Waals surface area contributed by atoms with Crippen LogP contribution in [-0.2, 0) is 0 Å². The van der Waals surface area contributed by atoms with E-state index in [0.29, 0.717) is 29.9 Å². The van der Waals surface area contributed by atoms with Crippen molar-refractivity contribution >= 4 is 23.6 Å². The zero-order valence-electron chi connectivity index (χ0n) is 12.2. The van der Waals surface area contributed by atoms with Gasteiger partial charge in [0.05, 0.1) is 5.56 Å². The Kier molecular flexibility index (Phi) is 3.86. The molecule has 1 fully saturated rings. The fourth-order valence-electron chi connectivity index (χ4n) is 2.63. The largest absolute Gasteiger partial charge is 0.477 e. The van der Waals surface area contributed by atoms with E-state index >= 15 is 0 Å². The molecule has 1 aromatic rings. The van der Waals surface area contributed by atoms with Gasteiger partial charge in [0, 0.05) is 29.3 Å². The van der Waals surface area contributed by atoms with Crippen LogP contribution in [0.3, 0.4) is 0 Å². The molecule has 0 atom stereocenters. The molecule has 1 aliphatic heterocycles. The summed E-state index contributed by atoms with van der Waals surface area (Å²) < 4.78 is 0.0433. The molecule has 1 amide bonds. The molecule has 1 aromatic heterocycles. The van der Waals surface area contributed by atoms with Crippen molar-refractivity contribution in [2.45, 2.75) is 32.4 Å². The number of thioether (sulfide) groups is 1. The van der Waals surface area contributed by atoms with Crippen molar-refractivity contribution < 1.29 is 14.7 Å². The van der Waals surface area contributed by atoms with E-state index in [-0.39, 0.29) is 16.3 Å².